The Morgan fingerprint density at radius 3 is 2.33 bits per heavy atom. The number of nitriles is 1. The Balaban J connectivity index is 1.84. The van der Waals surface area contributed by atoms with Crippen LogP contribution in [0, 0.1) is 11.3 Å². The SMILES string of the molecule is C=C(COCc1ccc(OC)cc1)c1ccc(C#N)cc1. The van der Waals surface area contributed by atoms with Gasteiger partial charge in [0.15, 0.2) is 0 Å². The van der Waals surface area contributed by atoms with E-state index in [4.69, 9.17) is 14.7 Å². The highest BCUT2D eigenvalue weighted by molar-refractivity contribution is 5.64. The Morgan fingerprint density at radius 2 is 1.76 bits per heavy atom. The van der Waals surface area contributed by atoms with Crippen molar-refractivity contribution in [3.63, 3.8) is 0 Å². The molecule has 0 atom stereocenters. The minimum atomic E-state index is 0.456. The van der Waals surface area contributed by atoms with Gasteiger partial charge in [0.1, 0.15) is 5.75 Å². The topological polar surface area (TPSA) is 42.2 Å². The molecule has 2 rings (SSSR count). The van der Waals surface area contributed by atoms with Gasteiger partial charge in [0.25, 0.3) is 0 Å². The summed E-state index contributed by atoms with van der Waals surface area (Å²) in [5, 5.41) is 8.77. The molecule has 0 aliphatic rings. The van der Waals surface area contributed by atoms with Crippen molar-refractivity contribution in [1.82, 2.24) is 0 Å². The Hall–Kier alpha value is -2.57. The lowest BCUT2D eigenvalue weighted by Crippen LogP contribution is -1.98. The average molecular weight is 279 g/mol. The van der Waals surface area contributed by atoms with Crippen molar-refractivity contribution in [3.05, 3.63) is 71.8 Å². The molecule has 2 aromatic carbocycles. The van der Waals surface area contributed by atoms with Gasteiger partial charge < -0.3 is 9.47 Å². The maximum atomic E-state index is 8.77. The van der Waals surface area contributed by atoms with Crippen LogP contribution in [0.25, 0.3) is 5.57 Å². The van der Waals surface area contributed by atoms with Gasteiger partial charge >= 0.3 is 0 Å². The van der Waals surface area contributed by atoms with Crippen molar-refractivity contribution in [2.45, 2.75) is 6.61 Å². The zero-order valence-electron chi connectivity index (χ0n) is 12.0. The molecule has 0 bridgehead atoms. The van der Waals surface area contributed by atoms with Crippen LogP contribution < -0.4 is 4.74 Å². The van der Waals surface area contributed by atoms with Crippen LogP contribution in [-0.4, -0.2) is 13.7 Å². The van der Waals surface area contributed by atoms with Crippen molar-refractivity contribution in [3.8, 4) is 11.8 Å². The van der Waals surface area contributed by atoms with Gasteiger partial charge in [0.05, 0.1) is 32.0 Å². The van der Waals surface area contributed by atoms with Gasteiger partial charge in [-0.3, -0.25) is 0 Å². The largest absolute Gasteiger partial charge is 0.497 e. The summed E-state index contributed by atoms with van der Waals surface area (Å²) in [6, 6.07) is 17.2. The van der Waals surface area contributed by atoms with Crippen LogP contribution in [-0.2, 0) is 11.3 Å². The second kappa shape index (κ2) is 7.28. The van der Waals surface area contributed by atoms with Crippen molar-refractivity contribution in [2.75, 3.05) is 13.7 Å². The van der Waals surface area contributed by atoms with Crippen molar-refractivity contribution in [1.29, 1.82) is 5.26 Å². The number of rotatable bonds is 6. The van der Waals surface area contributed by atoms with Crippen molar-refractivity contribution < 1.29 is 9.47 Å². The molecule has 0 saturated heterocycles. The molecule has 0 N–H and O–H groups in total. The molecule has 0 unspecified atom stereocenters. The summed E-state index contributed by atoms with van der Waals surface area (Å²) >= 11 is 0. The van der Waals surface area contributed by atoms with Crippen LogP contribution in [0.2, 0.25) is 0 Å². The highest BCUT2D eigenvalue weighted by Gasteiger charge is 2.01. The third-order valence-electron chi connectivity index (χ3n) is 3.13. The van der Waals surface area contributed by atoms with Gasteiger partial charge in [-0.25, -0.2) is 0 Å². The molecule has 0 radical (unpaired) electrons. The van der Waals surface area contributed by atoms with E-state index in [1.165, 1.54) is 0 Å². The molecule has 3 nitrogen and oxygen atoms in total. The quantitative estimate of drug-likeness (QED) is 0.807. The van der Waals surface area contributed by atoms with Crippen LogP contribution in [0.4, 0.5) is 0 Å². The Bertz CT molecular complexity index is 636. The van der Waals surface area contributed by atoms with E-state index < -0.39 is 0 Å². The second-order valence-corrected chi connectivity index (χ2v) is 4.63. The lowest BCUT2D eigenvalue weighted by molar-refractivity contribution is 0.153. The molecule has 0 amide bonds. The summed E-state index contributed by atoms with van der Waals surface area (Å²) < 4.78 is 10.8. The second-order valence-electron chi connectivity index (χ2n) is 4.63. The summed E-state index contributed by atoms with van der Waals surface area (Å²) in [5.41, 5.74) is 3.62. The summed E-state index contributed by atoms with van der Waals surface area (Å²) in [7, 11) is 1.65. The first-order valence-electron chi connectivity index (χ1n) is 6.62. The normalized spacial score (nSPS) is 9.90. The van der Waals surface area contributed by atoms with E-state index >= 15 is 0 Å². The van der Waals surface area contributed by atoms with Crippen LogP contribution in [0.3, 0.4) is 0 Å². The predicted molar refractivity (Wildman–Crippen MR) is 82.8 cm³/mol. The first-order valence-corrected chi connectivity index (χ1v) is 6.62. The minimum Gasteiger partial charge on any atom is -0.497 e. The first-order chi connectivity index (χ1) is 10.2. The van der Waals surface area contributed by atoms with E-state index in [0.29, 0.717) is 18.8 Å². The third-order valence-corrected chi connectivity index (χ3v) is 3.13. The van der Waals surface area contributed by atoms with Gasteiger partial charge in [0, 0.05) is 0 Å². The first kappa shape index (κ1) is 14.8. The lowest BCUT2D eigenvalue weighted by atomic mass is 10.1. The van der Waals surface area contributed by atoms with Crippen molar-refractivity contribution in [2.24, 2.45) is 0 Å². The molecule has 3 heteroatoms. The predicted octanol–water partition coefficient (Wildman–Crippen LogP) is 3.80. The summed E-state index contributed by atoms with van der Waals surface area (Å²) in [4.78, 5) is 0. The number of ether oxygens (including phenoxy) is 2. The van der Waals surface area contributed by atoms with E-state index in [1.54, 1.807) is 19.2 Å². The number of hydrogen-bond acceptors (Lipinski definition) is 3. The molecular formula is C18H17NO2. The van der Waals surface area contributed by atoms with Crippen LogP contribution >= 0.6 is 0 Å². The Kier molecular flexibility index (Phi) is 5.14. The van der Waals surface area contributed by atoms with E-state index in [-0.39, 0.29) is 0 Å². The monoisotopic (exact) mass is 279 g/mol. The molecular weight excluding hydrogens is 262 g/mol. The highest BCUT2D eigenvalue weighted by Crippen LogP contribution is 2.15. The molecule has 2 aromatic rings. The van der Waals surface area contributed by atoms with Gasteiger partial charge in [0.2, 0.25) is 0 Å². The molecule has 0 aliphatic carbocycles. The number of nitrogens with zero attached hydrogens (tertiary/aromatic N) is 1. The Morgan fingerprint density at radius 1 is 1.10 bits per heavy atom. The van der Waals surface area contributed by atoms with Crippen LogP contribution in [0.5, 0.6) is 5.75 Å². The van der Waals surface area contributed by atoms with Crippen LogP contribution in [0.15, 0.2) is 55.1 Å². The highest BCUT2D eigenvalue weighted by atomic mass is 16.5. The number of hydrogen-bond donors (Lipinski definition) is 0. The lowest BCUT2D eigenvalue weighted by Gasteiger charge is -2.08. The van der Waals surface area contributed by atoms with E-state index in [2.05, 4.69) is 12.6 Å². The maximum absolute atomic E-state index is 8.77. The Labute approximate surface area is 125 Å². The van der Waals surface area contributed by atoms with Crippen LogP contribution in [0.1, 0.15) is 16.7 Å². The smallest absolute Gasteiger partial charge is 0.118 e. The minimum absolute atomic E-state index is 0.456. The molecule has 0 spiro atoms. The number of methoxy groups -OCH3 is 1. The van der Waals surface area contributed by atoms with Gasteiger partial charge in [-0.05, 0) is 41.0 Å². The molecule has 0 fully saturated rings. The number of benzene rings is 2. The summed E-state index contributed by atoms with van der Waals surface area (Å²) in [5.74, 6) is 0.834. The molecule has 0 aromatic heterocycles. The molecule has 21 heavy (non-hydrogen) atoms. The third kappa shape index (κ3) is 4.20. The van der Waals surface area contributed by atoms with Crippen molar-refractivity contribution >= 4 is 5.57 Å². The van der Waals surface area contributed by atoms with E-state index in [0.717, 1.165) is 22.4 Å². The molecule has 106 valence electrons. The standard InChI is InChI=1S/C18H17NO2/c1-14(17-7-3-15(11-19)4-8-17)12-21-13-16-5-9-18(20-2)10-6-16/h3-10H,1,12-13H2,2H3. The summed E-state index contributed by atoms with van der Waals surface area (Å²) in [6.07, 6.45) is 0. The molecule has 0 aliphatic heterocycles. The zero-order valence-corrected chi connectivity index (χ0v) is 12.0. The molecule has 0 heterocycles. The van der Waals surface area contributed by atoms with Gasteiger partial charge in [-0.2, -0.15) is 5.26 Å². The fourth-order valence-electron chi connectivity index (χ4n) is 1.88. The van der Waals surface area contributed by atoms with E-state index in [9.17, 15) is 0 Å². The van der Waals surface area contributed by atoms with E-state index in [1.807, 2.05) is 36.4 Å². The van der Waals surface area contributed by atoms with Gasteiger partial charge in [-0.15, -0.1) is 0 Å². The fraction of sp³-hybridized carbons (Fsp3) is 0.167. The fourth-order valence-corrected chi connectivity index (χ4v) is 1.88. The molecule has 0 saturated carbocycles. The van der Waals surface area contributed by atoms with Gasteiger partial charge in [-0.1, -0.05) is 30.8 Å². The zero-order chi connectivity index (χ0) is 15.1. The maximum Gasteiger partial charge on any atom is 0.118 e. The summed E-state index contributed by atoms with van der Waals surface area (Å²) in [6.45, 7) is 4.99. The average Bonchev–Trinajstić information content (AvgIpc) is 2.55.